The van der Waals surface area contributed by atoms with Crippen LogP contribution >= 0.6 is 0 Å². The molecule has 0 saturated heterocycles. The highest BCUT2D eigenvalue weighted by molar-refractivity contribution is 7.88. The van der Waals surface area contributed by atoms with Crippen LogP contribution in [-0.2, 0) is 19.6 Å². The zero-order valence-electron chi connectivity index (χ0n) is 6.98. The molecule has 0 aromatic carbocycles. The van der Waals surface area contributed by atoms with Crippen molar-refractivity contribution in [1.82, 2.24) is 4.72 Å². The van der Waals surface area contributed by atoms with Crippen LogP contribution in [0.4, 0.5) is 0 Å². The molecule has 13 heavy (non-hydrogen) atoms. The minimum Gasteiger partial charge on any atom is -0.370 e. The summed E-state index contributed by atoms with van der Waals surface area (Å²) in [7, 11) is -3.57. The number of nitrogens with two attached hydrogens (primary N) is 2. The predicted octanol–water partition coefficient (Wildman–Crippen LogP) is -2.74. The van der Waals surface area contributed by atoms with Crippen molar-refractivity contribution in [3.8, 4) is 0 Å². The van der Waals surface area contributed by atoms with Crippen molar-refractivity contribution < 1.29 is 18.0 Å². The molecule has 0 saturated carbocycles. The van der Waals surface area contributed by atoms with Gasteiger partial charge >= 0.3 is 0 Å². The molecule has 0 bridgehead atoms. The van der Waals surface area contributed by atoms with Gasteiger partial charge in [0.2, 0.25) is 21.8 Å². The van der Waals surface area contributed by atoms with Gasteiger partial charge in [0.25, 0.3) is 0 Å². The standard InChI is InChI=1S/C5H11N3O4S/c1-13(11,12)8-3(5(7)10)2-4(6)9/h3,8H,2H2,1H3,(H2,6,9)(H2,7,10). The third kappa shape index (κ3) is 6.05. The maximum atomic E-state index is 10.7. The van der Waals surface area contributed by atoms with E-state index in [1.807, 2.05) is 4.72 Å². The number of hydrogen-bond acceptors (Lipinski definition) is 4. The van der Waals surface area contributed by atoms with E-state index in [0.29, 0.717) is 0 Å². The highest BCUT2D eigenvalue weighted by Crippen LogP contribution is 1.92. The summed E-state index contributed by atoms with van der Waals surface area (Å²) in [5.74, 6) is -1.75. The minimum absolute atomic E-state index is 0.442. The van der Waals surface area contributed by atoms with Crippen LogP contribution in [0, 0.1) is 0 Å². The molecule has 5 N–H and O–H groups in total. The first-order chi connectivity index (χ1) is 5.72. The van der Waals surface area contributed by atoms with Gasteiger partial charge in [-0.25, -0.2) is 13.1 Å². The molecule has 1 atom stereocenters. The first kappa shape index (κ1) is 11.8. The van der Waals surface area contributed by atoms with Crippen molar-refractivity contribution in [3.63, 3.8) is 0 Å². The fourth-order valence-corrected chi connectivity index (χ4v) is 1.38. The lowest BCUT2D eigenvalue weighted by Gasteiger charge is -2.11. The lowest BCUT2D eigenvalue weighted by molar-refractivity contribution is -0.124. The number of amides is 2. The maximum absolute atomic E-state index is 10.7. The van der Waals surface area contributed by atoms with Gasteiger partial charge in [0.15, 0.2) is 0 Å². The molecule has 0 aromatic heterocycles. The summed E-state index contributed by atoms with van der Waals surface area (Å²) in [6.45, 7) is 0. The average Bonchev–Trinajstić information content (AvgIpc) is 1.81. The van der Waals surface area contributed by atoms with E-state index in [0.717, 1.165) is 6.26 Å². The number of sulfonamides is 1. The molecule has 0 aliphatic carbocycles. The molecule has 0 aliphatic rings. The monoisotopic (exact) mass is 209 g/mol. The fourth-order valence-electron chi connectivity index (χ4n) is 0.660. The molecular formula is C5H11N3O4S. The minimum atomic E-state index is -3.57. The van der Waals surface area contributed by atoms with Crippen molar-refractivity contribution >= 4 is 21.8 Å². The van der Waals surface area contributed by atoms with Crippen molar-refractivity contribution in [2.24, 2.45) is 11.5 Å². The quantitative estimate of drug-likeness (QED) is 0.453. The molecule has 0 rings (SSSR count). The number of nitrogens with one attached hydrogen (secondary N) is 1. The highest BCUT2D eigenvalue weighted by Gasteiger charge is 2.21. The third-order valence-electron chi connectivity index (χ3n) is 1.11. The second-order valence-electron chi connectivity index (χ2n) is 2.52. The summed E-state index contributed by atoms with van der Waals surface area (Å²) in [5.41, 5.74) is 9.59. The van der Waals surface area contributed by atoms with Gasteiger partial charge < -0.3 is 11.5 Å². The zero-order valence-corrected chi connectivity index (χ0v) is 7.80. The van der Waals surface area contributed by atoms with E-state index in [4.69, 9.17) is 11.5 Å². The van der Waals surface area contributed by atoms with Crippen LogP contribution in [0.3, 0.4) is 0 Å². The van der Waals surface area contributed by atoms with Crippen LogP contribution in [0.2, 0.25) is 0 Å². The summed E-state index contributed by atoms with van der Waals surface area (Å²) >= 11 is 0. The van der Waals surface area contributed by atoms with Gasteiger partial charge in [0.05, 0.1) is 12.7 Å². The third-order valence-corrected chi connectivity index (χ3v) is 1.82. The van der Waals surface area contributed by atoms with Crippen LogP contribution in [0.1, 0.15) is 6.42 Å². The molecule has 7 nitrogen and oxygen atoms in total. The molecule has 0 fully saturated rings. The van der Waals surface area contributed by atoms with E-state index in [1.165, 1.54) is 0 Å². The molecule has 0 radical (unpaired) electrons. The van der Waals surface area contributed by atoms with E-state index < -0.39 is 34.3 Å². The van der Waals surface area contributed by atoms with Crippen LogP contribution in [0.15, 0.2) is 0 Å². The Labute approximate surface area is 75.5 Å². The first-order valence-corrected chi connectivity index (χ1v) is 5.16. The van der Waals surface area contributed by atoms with Gasteiger partial charge in [-0.2, -0.15) is 0 Å². The van der Waals surface area contributed by atoms with Gasteiger partial charge in [-0.3, -0.25) is 9.59 Å². The van der Waals surface area contributed by atoms with Gasteiger partial charge in [-0.1, -0.05) is 0 Å². The first-order valence-electron chi connectivity index (χ1n) is 3.27. The Bertz CT molecular complexity index is 310. The number of rotatable bonds is 5. The smallest absolute Gasteiger partial charge is 0.236 e. The average molecular weight is 209 g/mol. The van der Waals surface area contributed by atoms with Crippen LogP contribution < -0.4 is 16.2 Å². The fraction of sp³-hybridized carbons (Fsp3) is 0.600. The Hall–Kier alpha value is -1.15. The molecule has 0 heterocycles. The summed E-state index contributed by atoms with van der Waals surface area (Å²) in [6, 6.07) is -1.27. The number of carbonyl (C=O) groups is 2. The lowest BCUT2D eigenvalue weighted by Crippen LogP contribution is -2.46. The van der Waals surface area contributed by atoms with Gasteiger partial charge in [0, 0.05) is 0 Å². The van der Waals surface area contributed by atoms with Gasteiger partial charge in [0.1, 0.15) is 6.04 Å². The molecular weight excluding hydrogens is 198 g/mol. The Morgan fingerprint density at radius 1 is 1.38 bits per heavy atom. The van der Waals surface area contributed by atoms with Crippen molar-refractivity contribution in [2.75, 3.05) is 6.26 Å². The summed E-state index contributed by atoms with van der Waals surface area (Å²) in [4.78, 5) is 21.0. The van der Waals surface area contributed by atoms with E-state index >= 15 is 0 Å². The number of primary amides is 2. The molecule has 2 amide bonds. The largest absolute Gasteiger partial charge is 0.370 e. The van der Waals surface area contributed by atoms with Gasteiger partial charge in [-0.15, -0.1) is 0 Å². The lowest BCUT2D eigenvalue weighted by atomic mass is 10.2. The summed E-state index contributed by atoms with van der Waals surface area (Å²) in [5, 5.41) is 0. The van der Waals surface area contributed by atoms with Crippen molar-refractivity contribution in [2.45, 2.75) is 12.5 Å². The molecule has 76 valence electrons. The normalized spacial score (nSPS) is 13.6. The molecule has 0 aromatic rings. The molecule has 0 spiro atoms. The SMILES string of the molecule is CS(=O)(=O)NC(CC(N)=O)C(N)=O. The Balaban J connectivity index is 4.45. The van der Waals surface area contributed by atoms with Crippen molar-refractivity contribution in [3.05, 3.63) is 0 Å². The topological polar surface area (TPSA) is 132 Å². The van der Waals surface area contributed by atoms with E-state index in [2.05, 4.69) is 0 Å². The van der Waals surface area contributed by atoms with Crippen LogP contribution in [-0.4, -0.2) is 32.5 Å². The maximum Gasteiger partial charge on any atom is 0.236 e. The summed E-state index contributed by atoms with van der Waals surface area (Å²) in [6.07, 6.45) is 0.409. The highest BCUT2D eigenvalue weighted by atomic mass is 32.2. The number of carbonyl (C=O) groups excluding carboxylic acids is 2. The van der Waals surface area contributed by atoms with Crippen LogP contribution in [0.5, 0.6) is 0 Å². The van der Waals surface area contributed by atoms with Gasteiger partial charge in [-0.05, 0) is 0 Å². The molecule has 1 unspecified atom stereocenters. The second-order valence-corrected chi connectivity index (χ2v) is 4.30. The zero-order chi connectivity index (χ0) is 10.6. The van der Waals surface area contributed by atoms with E-state index in [9.17, 15) is 18.0 Å². The van der Waals surface area contributed by atoms with Crippen LogP contribution in [0.25, 0.3) is 0 Å². The van der Waals surface area contributed by atoms with Crippen molar-refractivity contribution in [1.29, 1.82) is 0 Å². The molecule has 0 aliphatic heterocycles. The summed E-state index contributed by atoms with van der Waals surface area (Å²) < 4.78 is 23.2. The predicted molar refractivity (Wildman–Crippen MR) is 44.8 cm³/mol. The Kier molecular flexibility index (Phi) is 3.82. The second kappa shape index (κ2) is 4.19. The Morgan fingerprint density at radius 2 is 1.85 bits per heavy atom. The van der Waals surface area contributed by atoms with E-state index in [-0.39, 0.29) is 0 Å². The van der Waals surface area contributed by atoms with E-state index in [1.54, 1.807) is 0 Å². The Morgan fingerprint density at radius 3 is 2.08 bits per heavy atom. The molecule has 8 heteroatoms. The number of hydrogen-bond donors (Lipinski definition) is 3.